The number of halogens is 3. The molecule has 1 fully saturated rings. The van der Waals surface area contributed by atoms with E-state index in [1.54, 1.807) is 18.4 Å². The zero-order chi connectivity index (χ0) is 16.9. The molecule has 1 atom stereocenters. The van der Waals surface area contributed by atoms with E-state index in [2.05, 4.69) is 27.1 Å². The van der Waals surface area contributed by atoms with Gasteiger partial charge in [0.25, 0.3) is 0 Å². The number of guanidine groups is 1. The maximum atomic E-state index is 13.9. The van der Waals surface area contributed by atoms with Crippen LogP contribution in [0.4, 0.5) is 14.5 Å². The summed E-state index contributed by atoms with van der Waals surface area (Å²) in [6.45, 7) is 2.09. The fraction of sp³-hybridized carbons (Fsp3) is 0.353. The zero-order valence-electron chi connectivity index (χ0n) is 13.8. The zero-order valence-corrected chi connectivity index (χ0v) is 17.0. The molecule has 0 bridgehead atoms. The first kappa shape index (κ1) is 19.9. The van der Waals surface area contributed by atoms with Gasteiger partial charge in [-0.25, -0.2) is 8.78 Å². The minimum atomic E-state index is -0.553. The van der Waals surface area contributed by atoms with Crippen molar-refractivity contribution in [1.82, 2.24) is 10.6 Å². The summed E-state index contributed by atoms with van der Waals surface area (Å²) in [5, 5.41) is 10.8. The van der Waals surface area contributed by atoms with Crippen LogP contribution in [0.3, 0.4) is 0 Å². The molecular weight excluding hydrogens is 457 g/mol. The lowest BCUT2D eigenvalue weighted by atomic mass is 10.2. The van der Waals surface area contributed by atoms with Crippen LogP contribution in [0.2, 0.25) is 0 Å². The second-order valence-electron chi connectivity index (χ2n) is 5.73. The lowest BCUT2D eigenvalue weighted by molar-refractivity contribution is 0.580. The molecule has 2 aromatic rings. The molecule has 1 aromatic heterocycles. The average molecular weight is 478 g/mol. The van der Waals surface area contributed by atoms with Crippen molar-refractivity contribution in [2.45, 2.75) is 19.0 Å². The van der Waals surface area contributed by atoms with Crippen molar-refractivity contribution in [3.63, 3.8) is 0 Å². The third-order valence-electron chi connectivity index (χ3n) is 4.04. The van der Waals surface area contributed by atoms with Gasteiger partial charge in [-0.15, -0.1) is 24.0 Å². The Morgan fingerprint density at radius 1 is 1.36 bits per heavy atom. The van der Waals surface area contributed by atoms with Crippen LogP contribution in [0.15, 0.2) is 40.0 Å². The summed E-state index contributed by atoms with van der Waals surface area (Å²) >= 11 is 1.66. The van der Waals surface area contributed by atoms with Crippen LogP contribution < -0.4 is 15.5 Å². The van der Waals surface area contributed by atoms with E-state index in [1.807, 2.05) is 10.3 Å². The number of nitrogens with zero attached hydrogens (tertiary/aromatic N) is 2. The Morgan fingerprint density at radius 2 is 2.20 bits per heavy atom. The average Bonchev–Trinajstić information content (AvgIpc) is 3.23. The van der Waals surface area contributed by atoms with Gasteiger partial charge in [0.1, 0.15) is 11.6 Å². The smallest absolute Gasteiger partial charge is 0.191 e. The Kier molecular flexibility index (Phi) is 7.42. The summed E-state index contributed by atoms with van der Waals surface area (Å²) in [4.78, 5) is 6.16. The molecular formula is C17H21F2IN4S. The molecule has 1 aromatic carbocycles. The first-order valence-corrected chi connectivity index (χ1v) is 8.78. The Bertz CT molecular complexity index is 709. The topological polar surface area (TPSA) is 39.7 Å². The monoisotopic (exact) mass is 478 g/mol. The quantitative estimate of drug-likeness (QED) is 0.401. The highest BCUT2D eigenvalue weighted by atomic mass is 127. The van der Waals surface area contributed by atoms with Gasteiger partial charge < -0.3 is 15.5 Å². The van der Waals surface area contributed by atoms with Crippen LogP contribution in [-0.4, -0.2) is 32.1 Å². The molecule has 2 heterocycles. The van der Waals surface area contributed by atoms with Gasteiger partial charge >= 0.3 is 0 Å². The summed E-state index contributed by atoms with van der Waals surface area (Å²) < 4.78 is 26.9. The molecule has 136 valence electrons. The molecule has 3 rings (SSSR count). The third kappa shape index (κ3) is 5.27. The molecule has 8 heteroatoms. The van der Waals surface area contributed by atoms with Crippen LogP contribution in [0.25, 0.3) is 0 Å². The predicted octanol–water partition coefficient (Wildman–Crippen LogP) is 3.59. The fourth-order valence-corrected chi connectivity index (χ4v) is 3.47. The molecule has 1 aliphatic rings. The van der Waals surface area contributed by atoms with E-state index in [9.17, 15) is 8.78 Å². The van der Waals surface area contributed by atoms with E-state index < -0.39 is 11.6 Å². The highest BCUT2D eigenvalue weighted by Crippen LogP contribution is 2.24. The van der Waals surface area contributed by atoms with E-state index in [1.165, 1.54) is 17.7 Å². The predicted molar refractivity (Wildman–Crippen MR) is 110 cm³/mol. The number of nitrogens with one attached hydrogen (secondary N) is 2. The summed E-state index contributed by atoms with van der Waals surface area (Å²) in [6, 6.07) is 5.96. The first-order valence-electron chi connectivity index (χ1n) is 7.84. The number of aliphatic imine (C=N–C) groups is 1. The van der Waals surface area contributed by atoms with Gasteiger partial charge in [-0.3, -0.25) is 4.99 Å². The van der Waals surface area contributed by atoms with Crippen LogP contribution in [0.1, 0.15) is 12.0 Å². The Hall–Kier alpha value is -1.42. The van der Waals surface area contributed by atoms with Crippen LogP contribution in [-0.2, 0) is 6.54 Å². The fourth-order valence-electron chi connectivity index (χ4n) is 2.80. The second kappa shape index (κ2) is 9.33. The summed E-state index contributed by atoms with van der Waals surface area (Å²) in [7, 11) is 1.73. The van der Waals surface area contributed by atoms with E-state index in [0.29, 0.717) is 18.8 Å². The van der Waals surface area contributed by atoms with Crippen molar-refractivity contribution in [3.8, 4) is 0 Å². The Morgan fingerprint density at radius 3 is 2.88 bits per heavy atom. The van der Waals surface area contributed by atoms with E-state index in [4.69, 9.17) is 0 Å². The van der Waals surface area contributed by atoms with Crippen molar-refractivity contribution in [2.75, 3.05) is 25.0 Å². The molecule has 0 amide bonds. The van der Waals surface area contributed by atoms with Crippen LogP contribution in [0, 0.1) is 11.6 Å². The van der Waals surface area contributed by atoms with Crippen molar-refractivity contribution >= 4 is 47.0 Å². The number of benzene rings is 1. The molecule has 0 aliphatic carbocycles. The number of anilines is 1. The number of rotatable bonds is 4. The second-order valence-corrected chi connectivity index (χ2v) is 6.51. The summed E-state index contributed by atoms with van der Waals surface area (Å²) in [5.74, 6) is -0.341. The largest absolute Gasteiger partial charge is 0.367 e. The van der Waals surface area contributed by atoms with Crippen molar-refractivity contribution in [1.29, 1.82) is 0 Å². The molecule has 1 saturated heterocycles. The third-order valence-corrected chi connectivity index (χ3v) is 4.78. The number of thiophene rings is 1. The molecule has 25 heavy (non-hydrogen) atoms. The van der Waals surface area contributed by atoms with Crippen molar-refractivity contribution < 1.29 is 8.78 Å². The normalized spacial score (nSPS) is 17.3. The lowest BCUT2D eigenvalue weighted by Crippen LogP contribution is -2.44. The maximum Gasteiger partial charge on any atom is 0.191 e. The molecule has 0 radical (unpaired) electrons. The lowest BCUT2D eigenvalue weighted by Gasteiger charge is -2.21. The van der Waals surface area contributed by atoms with Gasteiger partial charge in [0, 0.05) is 38.8 Å². The van der Waals surface area contributed by atoms with Crippen LogP contribution in [0.5, 0.6) is 0 Å². The van der Waals surface area contributed by atoms with Crippen molar-refractivity contribution in [2.24, 2.45) is 4.99 Å². The van der Waals surface area contributed by atoms with Gasteiger partial charge in [-0.2, -0.15) is 11.3 Å². The minimum absolute atomic E-state index is 0. The Labute approximate surface area is 167 Å². The molecule has 0 saturated carbocycles. The van der Waals surface area contributed by atoms with Gasteiger partial charge in [0.15, 0.2) is 5.96 Å². The van der Waals surface area contributed by atoms with E-state index in [-0.39, 0.29) is 30.0 Å². The van der Waals surface area contributed by atoms with Gasteiger partial charge in [0.05, 0.1) is 5.69 Å². The van der Waals surface area contributed by atoms with Gasteiger partial charge in [-0.05, 0) is 40.9 Å². The number of hydrogen-bond donors (Lipinski definition) is 2. The summed E-state index contributed by atoms with van der Waals surface area (Å²) in [5.41, 5.74) is 1.66. The molecule has 0 spiro atoms. The highest BCUT2D eigenvalue weighted by Gasteiger charge is 2.25. The molecule has 1 unspecified atom stereocenters. The van der Waals surface area contributed by atoms with E-state index in [0.717, 1.165) is 25.0 Å². The molecule has 4 nitrogen and oxygen atoms in total. The van der Waals surface area contributed by atoms with Crippen LogP contribution >= 0.6 is 35.3 Å². The number of hydrogen-bond acceptors (Lipinski definition) is 3. The minimum Gasteiger partial charge on any atom is -0.367 e. The molecule has 1 aliphatic heterocycles. The molecule has 2 N–H and O–H groups in total. The maximum absolute atomic E-state index is 13.9. The van der Waals surface area contributed by atoms with Crippen molar-refractivity contribution in [3.05, 3.63) is 52.2 Å². The van der Waals surface area contributed by atoms with Gasteiger partial charge in [-0.1, -0.05) is 0 Å². The van der Waals surface area contributed by atoms with E-state index >= 15 is 0 Å². The standard InChI is InChI=1S/C17H20F2N4S.HI/c1-20-17(21-9-12-5-7-24-11-12)22-14-4-6-23(10-14)16-3-2-13(18)8-15(16)19;/h2-3,5,7-8,11,14H,4,6,9-10H2,1H3,(H2,20,21,22);1H. The highest BCUT2D eigenvalue weighted by molar-refractivity contribution is 14.0. The first-order chi connectivity index (χ1) is 11.7. The summed E-state index contributed by atoms with van der Waals surface area (Å²) in [6.07, 6.45) is 0.871. The Balaban J connectivity index is 0.00000225. The van der Waals surface area contributed by atoms with Gasteiger partial charge in [0.2, 0.25) is 0 Å². The SMILES string of the molecule is CN=C(NCc1ccsc1)NC1CCN(c2ccc(F)cc2F)C1.I.